The Morgan fingerprint density at radius 2 is 1.78 bits per heavy atom. The fourth-order valence-corrected chi connectivity index (χ4v) is 2.18. The van der Waals surface area contributed by atoms with E-state index in [9.17, 15) is 9.59 Å². The molecular formula is C18H29N3O2. The molecule has 0 aliphatic rings. The number of unbranched alkanes of at least 4 members (excludes halogenated alkanes) is 3. The average molecular weight is 319 g/mol. The number of amides is 2. The SMILES string of the molecule is CC(C)CNC(=O)c1ccccc1NC(=O)CCCCCCN. The van der Waals surface area contributed by atoms with Gasteiger partial charge >= 0.3 is 0 Å². The molecule has 1 aromatic carbocycles. The van der Waals surface area contributed by atoms with Crippen molar-refractivity contribution in [1.82, 2.24) is 5.32 Å². The Hall–Kier alpha value is -1.88. The molecule has 0 radical (unpaired) electrons. The van der Waals surface area contributed by atoms with Crippen molar-refractivity contribution in [3.63, 3.8) is 0 Å². The number of nitrogens with one attached hydrogen (secondary N) is 2. The quantitative estimate of drug-likeness (QED) is 0.580. The van der Waals surface area contributed by atoms with Gasteiger partial charge in [0, 0.05) is 13.0 Å². The lowest BCUT2D eigenvalue weighted by atomic mass is 10.1. The van der Waals surface area contributed by atoms with Gasteiger partial charge in [-0.1, -0.05) is 38.8 Å². The van der Waals surface area contributed by atoms with Gasteiger partial charge < -0.3 is 16.4 Å². The summed E-state index contributed by atoms with van der Waals surface area (Å²) in [6.07, 6.45) is 4.36. The summed E-state index contributed by atoms with van der Waals surface area (Å²) in [7, 11) is 0. The average Bonchev–Trinajstić information content (AvgIpc) is 2.53. The monoisotopic (exact) mass is 319 g/mol. The zero-order valence-corrected chi connectivity index (χ0v) is 14.2. The van der Waals surface area contributed by atoms with Crippen LogP contribution in [-0.2, 0) is 4.79 Å². The van der Waals surface area contributed by atoms with Crippen LogP contribution in [0.15, 0.2) is 24.3 Å². The minimum absolute atomic E-state index is 0.0538. The molecule has 0 heterocycles. The summed E-state index contributed by atoms with van der Waals surface area (Å²) in [5, 5.41) is 5.72. The summed E-state index contributed by atoms with van der Waals surface area (Å²) < 4.78 is 0. The van der Waals surface area contributed by atoms with Gasteiger partial charge in [-0.15, -0.1) is 0 Å². The molecule has 2 amide bonds. The van der Waals surface area contributed by atoms with E-state index in [0.717, 1.165) is 25.7 Å². The van der Waals surface area contributed by atoms with Crippen molar-refractivity contribution in [1.29, 1.82) is 0 Å². The lowest BCUT2D eigenvalue weighted by molar-refractivity contribution is -0.116. The van der Waals surface area contributed by atoms with Crippen LogP contribution in [0.3, 0.4) is 0 Å². The van der Waals surface area contributed by atoms with E-state index < -0.39 is 0 Å². The number of hydrogen-bond acceptors (Lipinski definition) is 3. The highest BCUT2D eigenvalue weighted by Crippen LogP contribution is 2.16. The molecule has 0 aliphatic carbocycles. The molecule has 128 valence electrons. The van der Waals surface area contributed by atoms with E-state index in [2.05, 4.69) is 10.6 Å². The normalized spacial score (nSPS) is 10.6. The molecule has 5 nitrogen and oxygen atoms in total. The van der Waals surface area contributed by atoms with Crippen molar-refractivity contribution in [2.24, 2.45) is 11.7 Å². The van der Waals surface area contributed by atoms with Gasteiger partial charge in [0.1, 0.15) is 0 Å². The van der Waals surface area contributed by atoms with Crippen molar-refractivity contribution in [3.8, 4) is 0 Å². The molecular weight excluding hydrogens is 290 g/mol. The third kappa shape index (κ3) is 7.79. The fourth-order valence-electron chi connectivity index (χ4n) is 2.18. The van der Waals surface area contributed by atoms with Gasteiger partial charge in [0.25, 0.3) is 5.91 Å². The van der Waals surface area contributed by atoms with E-state index in [1.807, 2.05) is 19.9 Å². The Morgan fingerprint density at radius 3 is 2.48 bits per heavy atom. The molecule has 0 fully saturated rings. The zero-order chi connectivity index (χ0) is 17.1. The summed E-state index contributed by atoms with van der Waals surface area (Å²) in [6.45, 7) is 5.39. The Morgan fingerprint density at radius 1 is 1.09 bits per heavy atom. The second kappa shape index (κ2) is 10.8. The highest BCUT2D eigenvalue weighted by molar-refractivity contribution is 6.03. The molecule has 5 heteroatoms. The molecule has 0 atom stereocenters. The summed E-state index contributed by atoms with van der Waals surface area (Å²) in [4.78, 5) is 24.2. The van der Waals surface area contributed by atoms with Crippen LogP contribution in [0.25, 0.3) is 0 Å². The maximum Gasteiger partial charge on any atom is 0.253 e. The molecule has 23 heavy (non-hydrogen) atoms. The first kappa shape index (κ1) is 19.2. The molecule has 4 N–H and O–H groups in total. The molecule has 1 aromatic rings. The highest BCUT2D eigenvalue weighted by Gasteiger charge is 2.13. The molecule has 0 aromatic heterocycles. The van der Waals surface area contributed by atoms with Gasteiger partial charge in [-0.25, -0.2) is 0 Å². The predicted molar refractivity (Wildman–Crippen MR) is 94.4 cm³/mol. The van der Waals surface area contributed by atoms with E-state index in [4.69, 9.17) is 5.73 Å². The Bertz CT molecular complexity index is 501. The number of rotatable bonds is 10. The first-order valence-corrected chi connectivity index (χ1v) is 8.41. The third-order valence-corrected chi connectivity index (χ3v) is 3.47. The van der Waals surface area contributed by atoms with Crippen molar-refractivity contribution < 1.29 is 9.59 Å². The van der Waals surface area contributed by atoms with Crippen LogP contribution in [0.2, 0.25) is 0 Å². The molecule has 0 bridgehead atoms. The number of carbonyl (C=O) groups is 2. The van der Waals surface area contributed by atoms with E-state index in [-0.39, 0.29) is 11.8 Å². The van der Waals surface area contributed by atoms with Crippen LogP contribution in [0.4, 0.5) is 5.69 Å². The number of nitrogens with two attached hydrogens (primary N) is 1. The molecule has 0 aliphatic heterocycles. The number of carbonyl (C=O) groups excluding carboxylic acids is 2. The first-order valence-electron chi connectivity index (χ1n) is 8.41. The predicted octanol–water partition coefficient (Wildman–Crippen LogP) is 2.92. The van der Waals surface area contributed by atoms with Crippen LogP contribution in [-0.4, -0.2) is 24.9 Å². The molecule has 1 rings (SSSR count). The summed E-state index contributed by atoms with van der Waals surface area (Å²) in [5.74, 6) is 0.175. The lowest BCUT2D eigenvalue weighted by Crippen LogP contribution is -2.28. The Balaban J connectivity index is 2.52. The zero-order valence-electron chi connectivity index (χ0n) is 14.2. The standard InChI is InChI=1S/C18H29N3O2/c1-14(2)13-20-18(23)15-9-6-7-10-16(15)21-17(22)11-5-3-4-8-12-19/h6-7,9-10,14H,3-5,8,11-13,19H2,1-2H3,(H,20,23)(H,21,22). The molecule has 0 saturated heterocycles. The van der Waals surface area contributed by atoms with Crippen molar-refractivity contribution in [2.45, 2.75) is 46.0 Å². The van der Waals surface area contributed by atoms with Crippen LogP contribution < -0.4 is 16.4 Å². The largest absolute Gasteiger partial charge is 0.352 e. The van der Waals surface area contributed by atoms with Gasteiger partial charge in [0.15, 0.2) is 0 Å². The van der Waals surface area contributed by atoms with Crippen LogP contribution in [0.5, 0.6) is 0 Å². The Labute approximate surface area is 139 Å². The lowest BCUT2D eigenvalue weighted by Gasteiger charge is -2.12. The van der Waals surface area contributed by atoms with Crippen molar-refractivity contribution in [2.75, 3.05) is 18.4 Å². The third-order valence-electron chi connectivity index (χ3n) is 3.47. The van der Waals surface area contributed by atoms with E-state index >= 15 is 0 Å². The fraction of sp³-hybridized carbons (Fsp3) is 0.556. The number of hydrogen-bond donors (Lipinski definition) is 3. The van der Waals surface area contributed by atoms with Crippen LogP contribution >= 0.6 is 0 Å². The van der Waals surface area contributed by atoms with Crippen molar-refractivity contribution in [3.05, 3.63) is 29.8 Å². The Kier molecular flexibility index (Phi) is 8.98. The summed E-state index contributed by atoms with van der Waals surface area (Å²) >= 11 is 0. The molecule has 0 saturated carbocycles. The number of anilines is 1. The minimum atomic E-state index is -0.155. The van der Waals surface area contributed by atoms with Crippen molar-refractivity contribution >= 4 is 17.5 Å². The number of benzene rings is 1. The van der Waals surface area contributed by atoms with Gasteiger partial charge in [-0.2, -0.15) is 0 Å². The summed E-state index contributed by atoms with van der Waals surface area (Å²) in [5.41, 5.74) is 6.52. The minimum Gasteiger partial charge on any atom is -0.352 e. The van der Waals surface area contributed by atoms with Gasteiger partial charge in [0.2, 0.25) is 5.91 Å². The van der Waals surface area contributed by atoms with Gasteiger partial charge in [0.05, 0.1) is 11.3 Å². The smallest absolute Gasteiger partial charge is 0.253 e. The highest BCUT2D eigenvalue weighted by atomic mass is 16.2. The summed E-state index contributed by atoms with van der Waals surface area (Å²) in [6, 6.07) is 7.10. The van der Waals surface area contributed by atoms with Crippen LogP contribution in [0, 0.1) is 5.92 Å². The van der Waals surface area contributed by atoms with Gasteiger partial charge in [-0.05, 0) is 37.4 Å². The second-order valence-electron chi connectivity index (χ2n) is 6.15. The molecule has 0 unspecified atom stereocenters. The van der Waals surface area contributed by atoms with Gasteiger partial charge in [-0.3, -0.25) is 9.59 Å². The van der Waals surface area contributed by atoms with E-state index in [0.29, 0.717) is 36.7 Å². The van der Waals surface area contributed by atoms with Crippen LogP contribution in [0.1, 0.15) is 56.3 Å². The van der Waals surface area contributed by atoms with E-state index in [1.165, 1.54) is 0 Å². The van der Waals surface area contributed by atoms with E-state index in [1.54, 1.807) is 18.2 Å². The first-order chi connectivity index (χ1) is 11.0. The molecule has 0 spiro atoms. The number of para-hydroxylation sites is 1. The topological polar surface area (TPSA) is 84.2 Å². The maximum absolute atomic E-state index is 12.2. The second-order valence-corrected chi connectivity index (χ2v) is 6.15. The maximum atomic E-state index is 12.2.